The van der Waals surface area contributed by atoms with E-state index in [9.17, 15) is 14.0 Å². The number of likely N-dealkylation sites (tertiary alicyclic amines) is 1. The second-order valence-corrected chi connectivity index (χ2v) is 8.46. The topological polar surface area (TPSA) is 52.6 Å². The zero-order valence-electron chi connectivity index (χ0n) is 18.1. The molecule has 2 amide bonds. The zero-order valence-corrected chi connectivity index (χ0v) is 18.1. The highest BCUT2D eigenvalue weighted by Gasteiger charge is 2.26. The Bertz CT molecular complexity index is 944. The number of rotatable bonds is 7. The lowest BCUT2D eigenvalue weighted by Crippen LogP contribution is -2.43. The van der Waals surface area contributed by atoms with Gasteiger partial charge in [-0.3, -0.25) is 14.5 Å². The Morgan fingerprint density at radius 2 is 1.87 bits per heavy atom. The zero-order chi connectivity index (χ0) is 21.8. The van der Waals surface area contributed by atoms with Crippen molar-refractivity contribution in [3.63, 3.8) is 0 Å². The molecule has 31 heavy (non-hydrogen) atoms. The van der Waals surface area contributed by atoms with Gasteiger partial charge in [0.15, 0.2) is 0 Å². The first-order valence-electron chi connectivity index (χ1n) is 11.2. The molecule has 0 unspecified atom stereocenters. The Morgan fingerprint density at radius 1 is 1.10 bits per heavy atom. The van der Waals surface area contributed by atoms with E-state index in [1.807, 2.05) is 29.2 Å². The van der Waals surface area contributed by atoms with Gasteiger partial charge in [-0.25, -0.2) is 4.39 Å². The third-order valence-electron chi connectivity index (χ3n) is 6.48. The fraction of sp³-hybridized carbons (Fsp3) is 0.440. The molecule has 2 aliphatic heterocycles. The minimum atomic E-state index is -0.577. The van der Waals surface area contributed by atoms with Crippen molar-refractivity contribution < 1.29 is 14.0 Å². The number of hydrogen-bond acceptors (Lipinski definition) is 3. The molecule has 164 valence electrons. The first kappa shape index (κ1) is 21.5. The van der Waals surface area contributed by atoms with Gasteiger partial charge < -0.3 is 10.2 Å². The second-order valence-electron chi connectivity index (χ2n) is 8.46. The molecule has 0 aromatic heterocycles. The number of carbonyl (C=O) groups excluding carboxylic acids is 2. The fourth-order valence-electron chi connectivity index (χ4n) is 4.58. The molecule has 0 aliphatic carbocycles. The number of hydrogen-bond donors (Lipinski definition) is 1. The number of halogens is 1. The number of fused-ring (bicyclic) bond motifs is 1. The second kappa shape index (κ2) is 9.60. The van der Waals surface area contributed by atoms with Gasteiger partial charge in [-0.1, -0.05) is 24.3 Å². The molecule has 6 heteroatoms. The van der Waals surface area contributed by atoms with Gasteiger partial charge in [0.1, 0.15) is 6.67 Å². The molecule has 2 aromatic carbocycles. The molecule has 0 saturated carbocycles. The predicted molar refractivity (Wildman–Crippen MR) is 120 cm³/mol. The van der Waals surface area contributed by atoms with Crippen molar-refractivity contribution in [3.8, 4) is 11.1 Å². The number of amides is 2. The van der Waals surface area contributed by atoms with Crippen molar-refractivity contribution in [1.82, 2.24) is 15.1 Å². The summed E-state index contributed by atoms with van der Waals surface area (Å²) in [5.41, 5.74) is 4.40. The van der Waals surface area contributed by atoms with E-state index in [2.05, 4.69) is 23.2 Å². The maximum absolute atomic E-state index is 13.0. The summed E-state index contributed by atoms with van der Waals surface area (Å²) in [5, 5.41) is 2.53. The van der Waals surface area contributed by atoms with E-state index >= 15 is 0 Å². The van der Waals surface area contributed by atoms with Crippen molar-refractivity contribution in [2.75, 3.05) is 39.4 Å². The fourth-order valence-corrected chi connectivity index (χ4v) is 4.58. The van der Waals surface area contributed by atoms with E-state index in [0.29, 0.717) is 11.6 Å². The summed E-state index contributed by atoms with van der Waals surface area (Å²) in [6.07, 6.45) is 3.36. The molecule has 2 aromatic rings. The number of benzene rings is 2. The van der Waals surface area contributed by atoms with Crippen molar-refractivity contribution in [3.05, 3.63) is 59.2 Å². The summed E-state index contributed by atoms with van der Waals surface area (Å²) in [5.74, 6) is -0.150. The highest BCUT2D eigenvalue weighted by molar-refractivity contribution is 5.97. The van der Waals surface area contributed by atoms with Crippen LogP contribution in [0.4, 0.5) is 4.39 Å². The predicted octanol–water partition coefficient (Wildman–Crippen LogP) is 3.54. The van der Waals surface area contributed by atoms with Crippen LogP contribution in [0.2, 0.25) is 0 Å². The lowest BCUT2D eigenvalue weighted by Gasteiger charge is -2.31. The molecule has 1 saturated heterocycles. The summed E-state index contributed by atoms with van der Waals surface area (Å²) in [6, 6.07) is 13.9. The van der Waals surface area contributed by atoms with Crippen molar-refractivity contribution in [1.29, 1.82) is 0 Å². The largest absolute Gasteiger partial charge is 0.349 e. The quantitative estimate of drug-likeness (QED) is 0.741. The van der Waals surface area contributed by atoms with Gasteiger partial charge in [-0.2, -0.15) is 0 Å². The Balaban J connectivity index is 1.42. The van der Waals surface area contributed by atoms with E-state index in [0.717, 1.165) is 54.9 Å². The summed E-state index contributed by atoms with van der Waals surface area (Å²) >= 11 is 0. The minimum absolute atomic E-state index is 0.0213. The van der Waals surface area contributed by atoms with Gasteiger partial charge >= 0.3 is 0 Å². The molecule has 4 rings (SSSR count). The molecular formula is C25H30FN3O2. The van der Waals surface area contributed by atoms with Crippen LogP contribution in [0.25, 0.3) is 11.1 Å². The third-order valence-corrected chi connectivity index (χ3v) is 6.48. The molecule has 1 N–H and O–H groups in total. The maximum Gasteiger partial charge on any atom is 0.254 e. The van der Waals surface area contributed by atoms with Gasteiger partial charge in [0, 0.05) is 43.3 Å². The SMILES string of the molecule is C[C@@H]1CCCN1CCN1CCc2cc(-c3ccc(C(=O)NCCF)cc3)ccc2C1=O. The molecule has 2 heterocycles. The van der Waals surface area contributed by atoms with E-state index in [4.69, 9.17) is 0 Å². The molecule has 5 nitrogen and oxygen atoms in total. The Morgan fingerprint density at radius 3 is 2.58 bits per heavy atom. The van der Waals surface area contributed by atoms with Crippen LogP contribution in [0, 0.1) is 0 Å². The molecule has 1 fully saturated rings. The summed E-state index contributed by atoms with van der Waals surface area (Å²) in [6.45, 7) is 5.34. The summed E-state index contributed by atoms with van der Waals surface area (Å²) < 4.78 is 12.2. The van der Waals surface area contributed by atoms with Gasteiger partial charge in [-0.05, 0) is 67.6 Å². The molecule has 0 radical (unpaired) electrons. The number of carbonyl (C=O) groups is 2. The van der Waals surface area contributed by atoms with Crippen LogP contribution in [-0.2, 0) is 6.42 Å². The van der Waals surface area contributed by atoms with Crippen molar-refractivity contribution >= 4 is 11.8 Å². The summed E-state index contributed by atoms with van der Waals surface area (Å²) in [7, 11) is 0. The molecular weight excluding hydrogens is 393 g/mol. The highest BCUT2D eigenvalue weighted by atomic mass is 19.1. The Labute approximate surface area is 183 Å². The average molecular weight is 424 g/mol. The molecule has 2 aliphatic rings. The molecule has 0 spiro atoms. The van der Waals surface area contributed by atoms with Crippen LogP contribution in [0.5, 0.6) is 0 Å². The number of nitrogens with zero attached hydrogens (tertiary/aromatic N) is 2. The average Bonchev–Trinajstić information content (AvgIpc) is 3.21. The van der Waals surface area contributed by atoms with E-state index in [1.54, 1.807) is 12.1 Å². The smallest absolute Gasteiger partial charge is 0.254 e. The third kappa shape index (κ3) is 4.79. The first-order valence-corrected chi connectivity index (χ1v) is 11.2. The van der Waals surface area contributed by atoms with Gasteiger partial charge in [0.25, 0.3) is 11.8 Å². The van der Waals surface area contributed by atoms with Crippen LogP contribution in [0.15, 0.2) is 42.5 Å². The Kier molecular flexibility index (Phi) is 6.66. The van der Waals surface area contributed by atoms with Crippen LogP contribution in [0.3, 0.4) is 0 Å². The van der Waals surface area contributed by atoms with E-state index < -0.39 is 6.67 Å². The number of alkyl halides is 1. The lowest BCUT2D eigenvalue weighted by molar-refractivity contribution is 0.0716. The minimum Gasteiger partial charge on any atom is -0.349 e. The number of nitrogens with one attached hydrogen (secondary N) is 1. The van der Waals surface area contributed by atoms with Gasteiger partial charge in [0.2, 0.25) is 0 Å². The van der Waals surface area contributed by atoms with Gasteiger partial charge in [-0.15, -0.1) is 0 Å². The molecule has 0 bridgehead atoms. The van der Waals surface area contributed by atoms with Crippen LogP contribution < -0.4 is 5.32 Å². The lowest BCUT2D eigenvalue weighted by atomic mass is 9.93. The van der Waals surface area contributed by atoms with Crippen LogP contribution in [-0.4, -0.2) is 67.1 Å². The van der Waals surface area contributed by atoms with Crippen molar-refractivity contribution in [2.45, 2.75) is 32.2 Å². The standard InChI is InChI=1S/C25H30FN3O2/c1-18-3-2-13-28(18)15-16-29-14-10-22-17-21(8-9-23(22)25(29)31)19-4-6-20(7-5-19)24(30)27-12-11-26/h4-9,17-18H,2-3,10-16H2,1H3,(H,27,30)/t18-/m1/s1. The Hall–Kier alpha value is -2.73. The van der Waals surface area contributed by atoms with Crippen LogP contribution in [0.1, 0.15) is 46.0 Å². The van der Waals surface area contributed by atoms with Crippen molar-refractivity contribution in [2.24, 2.45) is 0 Å². The van der Waals surface area contributed by atoms with Gasteiger partial charge in [0.05, 0.1) is 0 Å². The van der Waals surface area contributed by atoms with E-state index in [1.165, 1.54) is 12.8 Å². The van der Waals surface area contributed by atoms with E-state index in [-0.39, 0.29) is 18.4 Å². The first-order chi connectivity index (χ1) is 15.1. The highest BCUT2D eigenvalue weighted by Crippen LogP contribution is 2.27. The summed E-state index contributed by atoms with van der Waals surface area (Å²) in [4.78, 5) is 29.4. The monoisotopic (exact) mass is 423 g/mol. The van der Waals surface area contributed by atoms with Crippen LogP contribution >= 0.6 is 0 Å². The molecule has 1 atom stereocenters. The maximum atomic E-state index is 13.0. The normalized spacial score (nSPS) is 18.8.